The smallest absolute Gasteiger partial charge is 0.362 e. The average Bonchev–Trinajstić information content (AvgIpc) is 2.72. The lowest BCUT2D eigenvalue weighted by atomic mass is 10.1. The van der Waals surface area contributed by atoms with Crippen molar-refractivity contribution in [3.8, 4) is 0 Å². The van der Waals surface area contributed by atoms with Crippen LogP contribution in [0.15, 0.2) is 42.5 Å². The highest BCUT2D eigenvalue weighted by Crippen LogP contribution is 2.36. The summed E-state index contributed by atoms with van der Waals surface area (Å²) in [5.74, 6) is 0.880. The Balaban J connectivity index is 1.56. The molecule has 1 saturated heterocycles. The number of piperazine rings is 1. The number of thioether (sulfide) groups is 1. The van der Waals surface area contributed by atoms with Crippen molar-refractivity contribution in [2.45, 2.75) is 11.9 Å². The quantitative estimate of drug-likeness (QED) is 0.443. The minimum absolute atomic E-state index is 0.0476. The first-order valence-electron chi connectivity index (χ1n) is 9.35. The van der Waals surface area contributed by atoms with Gasteiger partial charge in [-0.1, -0.05) is 23.7 Å². The van der Waals surface area contributed by atoms with Crippen LogP contribution in [0.4, 0.5) is 24.5 Å². The van der Waals surface area contributed by atoms with Crippen LogP contribution in [0.5, 0.6) is 0 Å². The summed E-state index contributed by atoms with van der Waals surface area (Å²) in [7, 11) is 0. The van der Waals surface area contributed by atoms with E-state index < -0.39 is 22.4 Å². The minimum atomic E-state index is -4.66. The van der Waals surface area contributed by atoms with Crippen molar-refractivity contribution >= 4 is 40.6 Å². The van der Waals surface area contributed by atoms with Crippen LogP contribution < -0.4 is 4.90 Å². The first-order chi connectivity index (χ1) is 14.6. The monoisotopic (exact) mass is 473 g/mol. The van der Waals surface area contributed by atoms with Crippen LogP contribution >= 0.6 is 23.4 Å². The van der Waals surface area contributed by atoms with Crippen molar-refractivity contribution in [1.29, 1.82) is 0 Å². The van der Waals surface area contributed by atoms with Gasteiger partial charge in [-0.3, -0.25) is 14.9 Å². The van der Waals surface area contributed by atoms with Crippen molar-refractivity contribution in [2.24, 2.45) is 0 Å². The maximum Gasteiger partial charge on any atom is 0.416 e. The summed E-state index contributed by atoms with van der Waals surface area (Å²) in [6, 6.07) is 9.92. The van der Waals surface area contributed by atoms with Gasteiger partial charge < -0.3 is 9.80 Å². The average molecular weight is 474 g/mol. The first kappa shape index (κ1) is 23.2. The van der Waals surface area contributed by atoms with E-state index in [1.165, 1.54) is 11.8 Å². The lowest BCUT2D eigenvalue weighted by molar-refractivity contribution is -0.384. The fraction of sp³-hybridized carbons (Fsp3) is 0.350. The van der Waals surface area contributed by atoms with Gasteiger partial charge in [-0.15, -0.1) is 11.8 Å². The Morgan fingerprint density at radius 1 is 1.13 bits per heavy atom. The third-order valence-electron chi connectivity index (χ3n) is 4.86. The molecule has 0 N–H and O–H groups in total. The van der Waals surface area contributed by atoms with Gasteiger partial charge in [-0.2, -0.15) is 13.2 Å². The molecular weight excluding hydrogens is 455 g/mol. The highest BCUT2D eigenvalue weighted by molar-refractivity contribution is 7.99. The molecule has 1 heterocycles. The predicted octanol–water partition coefficient (Wildman–Crippen LogP) is 4.85. The summed E-state index contributed by atoms with van der Waals surface area (Å²) in [5.41, 5.74) is -0.509. The van der Waals surface area contributed by atoms with Crippen LogP contribution in [0.1, 0.15) is 11.1 Å². The zero-order chi connectivity index (χ0) is 22.6. The largest absolute Gasteiger partial charge is 0.416 e. The molecule has 2 aromatic rings. The van der Waals surface area contributed by atoms with Gasteiger partial charge in [-0.25, -0.2) is 0 Å². The first-order valence-corrected chi connectivity index (χ1v) is 10.9. The van der Waals surface area contributed by atoms with E-state index in [0.29, 0.717) is 43.0 Å². The molecule has 0 bridgehead atoms. The Kier molecular flexibility index (Phi) is 7.32. The molecule has 1 aliphatic heterocycles. The molecule has 31 heavy (non-hydrogen) atoms. The van der Waals surface area contributed by atoms with Crippen LogP contribution in [-0.4, -0.2) is 47.7 Å². The van der Waals surface area contributed by atoms with Crippen LogP contribution in [0, 0.1) is 10.1 Å². The molecule has 0 radical (unpaired) electrons. The molecule has 0 unspecified atom stereocenters. The van der Waals surface area contributed by atoms with Gasteiger partial charge >= 0.3 is 6.18 Å². The summed E-state index contributed by atoms with van der Waals surface area (Å²) in [6.07, 6.45) is -4.66. The summed E-state index contributed by atoms with van der Waals surface area (Å²) in [6.45, 7) is 1.29. The summed E-state index contributed by atoms with van der Waals surface area (Å²) in [5, 5.41) is 11.9. The van der Waals surface area contributed by atoms with Crippen LogP contribution in [0.25, 0.3) is 0 Å². The topological polar surface area (TPSA) is 66.7 Å². The summed E-state index contributed by atoms with van der Waals surface area (Å²) >= 11 is 7.41. The van der Waals surface area contributed by atoms with Crippen molar-refractivity contribution < 1.29 is 22.9 Å². The number of carbonyl (C=O) groups excluding carboxylic acids is 1. The zero-order valence-corrected chi connectivity index (χ0v) is 17.8. The summed E-state index contributed by atoms with van der Waals surface area (Å²) < 4.78 is 38.7. The molecular formula is C20H19ClF3N3O3S. The van der Waals surface area contributed by atoms with E-state index in [2.05, 4.69) is 0 Å². The third kappa shape index (κ3) is 6.04. The van der Waals surface area contributed by atoms with Crippen LogP contribution in [0.3, 0.4) is 0 Å². The second-order valence-corrected chi connectivity index (χ2v) is 8.37. The Morgan fingerprint density at radius 3 is 2.45 bits per heavy atom. The molecule has 11 heteroatoms. The van der Waals surface area contributed by atoms with Crippen molar-refractivity contribution in [3.63, 3.8) is 0 Å². The number of nitro benzene ring substituents is 1. The number of nitrogens with zero attached hydrogens (tertiary/aromatic N) is 3. The lowest BCUT2D eigenvalue weighted by Gasteiger charge is -2.36. The van der Waals surface area contributed by atoms with E-state index in [9.17, 15) is 28.1 Å². The number of rotatable bonds is 6. The zero-order valence-electron chi connectivity index (χ0n) is 16.3. The Morgan fingerprint density at radius 2 is 1.84 bits per heavy atom. The van der Waals surface area contributed by atoms with Crippen molar-refractivity contribution in [3.05, 3.63) is 68.7 Å². The molecule has 1 amide bonds. The number of hydrogen-bond donors (Lipinski definition) is 0. The maximum atomic E-state index is 12.9. The van der Waals surface area contributed by atoms with E-state index in [4.69, 9.17) is 11.6 Å². The number of alkyl halides is 3. The van der Waals surface area contributed by atoms with E-state index in [1.807, 2.05) is 18.2 Å². The van der Waals surface area contributed by atoms with E-state index in [0.717, 1.165) is 17.7 Å². The van der Waals surface area contributed by atoms with E-state index in [1.54, 1.807) is 15.9 Å². The molecule has 2 aromatic carbocycles. The van der Waals surface area contributed by atoms with Gasteiger partial charge in [0.25, 0.3) is 5.69 Å². The molecule has 0 saturated carbocycles. The fourth-order valence-electron chi connectivity index (χ4n) is 3.28. The van der Waals surface area contributed by atoms with Crippen molar-refractivity contribution in [2.75, 3.05) is 36.8 Å². The number of hydrogen-bond acceptors (Lipinski definition) is 5. The highest BCUT2D eigenvalue weighted by atomic mass is 35.5. The molecule has 1 aliphatic rings. The number of nitro groups is 1. The standard InChI is InChI=1S/C20H19ClF3N3O3S/c21-16-3-1-2-14(10-16)12-31-13-19(28)26-8-6-25(7-9-26)17-5-4-15(20(22,23)24)11-18(17)27(29)30/h1-5,10-11H,6-9,12-13H2. The van der Waals surface area contributed by atoms with Gasteiger partial charge in [0.05, 0.1) is 16.2 Å². The predicted molar refractivity (Wildman–Crippen MR) is 115 cm³/mol. The number of anilines is 1. The van der Waals surface area contributed by atoms with Gasteiger partial charge in [0.1, 0.15) is 5.69 Å². The Bertz CT molecular complexity index is 966. The molecule has 0 atom stereocenters. The Labute approximate surface area is 186 Å². The molecule has 0 aromatic heterocycles. The molecule has 0 spiro atoms. The minimum Gasteiger partial charge on any atom is -0.362 e. The number of halogens is 4. The maximum absolute atomic E-state index is 12.9. The molecule has 1 fully saturated rings. The van der Waals surface area contributed by atoms with Gasteiger partial charge in [0, 0.05) is 43.0 Å². The highest BCUT2D eigenvalue weighted by Gasteiger charge is 2.34. The molecule has 166 valence electrons. The molecule has 6 nitrogen and oxygen atoms in total. The van der Waals surface area contributed by atoms with Crippen LogP contribution in [0.2, 0.25) is 5.02 Å². The SMILES string of the molecule is O=C(CSCc1cccc(Cl)c1)N1CCN(c2ccc(C(F)(F)F)cc2[N+](=O)[O-])CC1. The van der Waals surface area contributed by atoms with E-state index in [-0.39, 0.29) is 17.3 Å². The second kappa shape index (κ2) is 9.78. The van der Waals surface area contributed by atoms with Gasteiger partial charge in [0.2, 0.25) is 5.91 Å². The summed E-state index contributed by atoms with van der Waals surface area (Å²) in [4.78, 5) is 26.3. The number of benzene rings is 2. The lowest BCUT2D eigenvalue weighted by Crippen LogP contribution is -2.49. The van der Waals surface area contributed by atoms with Gasteiger partial charge in [0.15, 0.2) is 0 Å². The molecule has 0 aliphatic carbocycles. The number of carbonyl (C=O) groups is 1. The van der Waals surface area contributed by atoms with Crippen LogP contribution in [-0.2, 0) is 16.7 Å². The fourth-order valence-corrected chi connectivity index (χ4v) is 4.37. The van der Waals surface area contributed by atoms with Crippen molar-refractivity contribution in [1.82, 2.24) is 4.90 Å². The normalized spacial score (nSPS) is 14.6. The number of amides is 1. The third-order valence-corrected chi connectivity index (χ3v) is 6.08. The second-order valence-electron chi connectivity index (χ2n) is 6.95. The Hall–Kier alpha value is -2.46. The van der Waals surface area contributed by atoms with Gasteiger partial charge in [-0.05, 0) is 29.8 Å². The molecule has 3 rings (SSSR count). The van der Waals surface area contributed by atoms with E-state index >= 15 is 0 Å².